The van der Waals surface area contributed by atoms with Crippen LogP contribution in [0.3, 0.4) is 0 Å². The van der Waals surface area contributed by atoms with Crippen molar-refractivity contribution in [2.75, 3.05) is 0 Å². The van der Waals surface area contributed by atoms with Gasteiger partial charge in [0.05, 0.1) is 0 Å². The van der Waals surface area contributed by atoms with Crippen LogP contribution in [0.25, 0.3) is 0 Å². The van der Waals surface area contributed by atoms with Crippen LogP contribution in [0.5, 0.6) is 11.5 Å². The van der Waals surface area contributed by atoms with E-state index in [4.69, 9.17) is 14.6 Å². The lowest BCUT2D eigenvalue weighted by molar-refractivity contribution is -0.133. The largest absolute Gasteiger partial charge is 0.428 e. The van der Waals surface area contributed by atoms with Gasteiger partial charge in [0, 0.05) is 4.47 Å². The van der Waals surface area contributed by atoms with E-state index in [0.717, 1.165) is 4.47 Å². The van der Waals surface area contributed by atoms with Gasteiger partial charge in [-0.05, 0) is 18.2 Å². The fourth-order valence-electron chi connectivity index (χ4n) is 0.913. The van der Waals surface area contributed by atoms with Crippen molar-refractivity contribution in [3.05, 3.63) is 22.7 Å². The first kappa shape index (κ1) is 6.94. The van der Waals surface area contributed by atoms with E-state index in [-0.39, 0.29) is 0 Å². The predicted molar refractivity (Wildman–Crippen MR) is 41.4 cm³/mol. The summed E-state index contributed by atoms with van der Waals surface area (Å²) >= 11 is 3.27. The topological polar surface area (TPSA) is 38.7 Å². The number of ether oxygens (including phenoxy) is 2. The van der Waals surface area contributed by atoms with Crippen LogP contribution in [-0.4, -0.2) is 11.6 Å². The van der Waals surface area contributed by atoms with E-state index in [1.165, 1.54) is 0 Å². The number of hydrogen-bond acceptors (Lipinski definition) is 3. The maximum Gasteiger partial charge on any atom is 0.358 e. The van der Waals surface area contributed by atoms with Crippen molar-refractivity contribution in [2.45, 2.75) is 6.48 Å². The van der Waals surface area contributed by atoms with Gasteiger partial charge in [-0.25, -0.2) is 0 Å². The van der Waals surface area contributed by atoms with Gasteiger partial charge in [0.1, 0.15) is 0 Å². The van der Waals surface area contributed by atoms with Gasteiger partial charge in [0.2, 0.25) is 0 Å². The second-order valence-electron chi connectivity index (χ2n) is 2.13. The summed E-state index contributed by atoms with van der Waals surface area (Å²) in [6.07, 6.45) is 0. The number of aliphatic hydroxyl groups excluding tert-OH is 1. The summed E-state index contributed by atoms with van der Waals surface area (Å²) in [6.45, 7) is -1.15. The second-order valence-corrected chi connectivity index (χ2v) is 3.05. The van der Waals surface area contributed by atoms with Crippen molar-refractivity contribution < 1.29 is 14.6 Å². The Labute approximate surface area is 71.7 Å². The molecular weight excluding hydrogens is 212 g/mol. The Bertz CT molecular complexity index is 287. The first-order valence-electron chi connectivity index (χ1n) is 3.06. The molecule has 0 bridgehead atoms. The maximum atomic E-state index is 8.88. The number of hydrogen-bond donors (Lipinski definition) is 1. The molecule has 0 saturated heterocycles. The third-order valence-corrected chi connectivity index (χ3v) is 1.85. The molecule has 1 unspecified atom stereocenters. The highest BCUT2D eigenvalue weighted by molar-refractivity contribution is 9.10. The molecule has 1 atom stereocenters. The molecule has 0 aromatic heterocycles. The molecule has 1 N–H and O–H groups in total. The molecule has 0 radical (unpaired) electrons. The normalized spacial score (nSPS) is 20.4. The minimum atomic E-state index is -1.15. The highest BCUT2D eigenvalue weighted by Gasteiger charge is 2.21. The number of aliphatic hydroxyl groups is 1. The van der Waals surface area contributed by atoms with Gasteiger partial charge in [-0.1, -0.05) is 15.9 Å². The van der Waals surface area contributed by atoms with E-state index < -0.39 is 6.48 Å². The summed E-state index contributed by atoms with van der Waals surface area (Å²) < 4.78 is 10.7. The molecule has 3 nitrogen and oxygen atoms in total. The van der Waals surface area contributed by atoms with E-state index in [1.807, 2.05) is 6.07 Å². The van der Waals surface area contributed by atoms with Crippen LogP contribution in [0.2, 0.25) is 0 Å². The van der Waals surface area contributed by atoms with E-state index in [1.54, 1.807) is 12.1 Å². The Balaban J connectivity index is 2.43. The van der Waals surface area contributed by atoms with E-state index in [9.17, 15) is 0 Å². The van der Waals surface area contributed by atoms with Crippen LogP contribution < -0.4 is 9.47 Å². The van der Waals surface area contributed by atoms with Crippen molar-refractivity contribution in [3.63, 3.8) is 0 Å². The SMILES string of the molecule is OC1Oc2ccc(Br)cc2O1. The molecule has 0 spiro atoms. The Morgan fingerprint density at radius 1 is 1.27 bits per heavy atom. The average molecular weight is 217 g/mol. The molecule has 4 heteroatoms. The average Bonchev–Trinajstić information content (AvgIpc) is 2.27. The molecule has 0 amide bonds. The Morgan fingerprint density at radius 2 is 2.00 bits per heavy atom. The first-order chi connectivity index (χ1) is 5.25. The van der Waals surface area contributed by atoms with Gasteiger partial charge in [-0.15, -0.1) is 0 Å². The van der Waals surface area contributed by atoms with Gasteiger partial charge in [-0.3, -0.25) is 0 Å². The molecule has 2 rings (SSSR count). The Kier molecular flexibility index (Phi) is 1.51. The number of fused-ring (bicyclic) bond motifs is 1. The minimum absolute atomic E-state index is 0.562. The van der Waals surface area contributed by atoms with Crippen LogP contribution >= 0.6 is 15.9 Å². The zero-order valence-corrected chi connectivity index (χ0v) is 7.04. The minimum Gasteiger partial charge on any atom is -0.428 e. The number of benzene rings is 1. The number of rotatable bonds is 0. The molecule has 1 aromatic carbocycles. The van der Waals surface area contributed by atoms with Gasteiger partial charge in [0.25, 0.3) is 0 Å². The fraction of sp³-hybridized carbons (Fsp3) is 0.143. The summed E-state index contributed by atoms with van der Waals surface area (Å²) in [5.41, 5.74) is 0. The zero-order chi connectivity index (χ0) is 7.84. The van der Waals surface area contributed by atoms with E-state index in [0.29, 0.717) is 11.5 Å². The monoisotopic (exact) mass is 216 g/mol. The molecule has 0 fully saturated rings. The summed E-state index contributed by atoms with van der Waals surface area (Å²) in [6, 6.07) is 5.29. The molecule has 1 aliphatic rings. The van der Waals surface area contributed by atoms with Gasteiger partial charge in [-0.2, -0.15) is 0 Å². The number of halogens is 1. The summed E-state index contributed by atoms with van der Waals surface area (Å²) in [7, 11) is 0. The summed E-state index contributed by atoms with van der Waals surface area (Å²) in [5.74, 6) is 1.13. The van der Waals surface area contributed by atoms with Crippen LogP contribution in [0.15, 0.2) is 22.7 Å². The van der Waals surface area contributed by atoms with E-state index >= 15 is 0 Å². The lowest BCUT2D eigenvalue weighted by Crippen LogP contribution is -2.15. The van der Waals surface area contributed by atoms with Crippen molar-refractivity contribution in [2.24, 2.45) is 0 Å². The molecule has 58 valence electrons. The molecular formula is C7H5BrO3. The first-order valence-corrected chi connectivity index (χ1v) is 3.86. The molecule has 0 aliphatic carbocycles. The molecule has 1 aliphatic heterocycles. The highest BCUT2D eigenvalue weighted by atomic mass is 79.9. The van der Waals surface area contributed by atoms with Crippen molar-refractivity contribution in [1.29, 1.82) is 0 Å². The fourth-order valence-corrected chi connectivity index (χ4v) is 1.25. The Morgan fingerprint density at radius 3 is 2.82 bits per heavy atom. The Hall–Kier alpha value is -0.740. The predicted octanol–water partition coefficient (Wildman–Crippen LogP) is 1.50. The highest BCUT2D eigenvalue weighted by Crippen LogP contribution is 2.35. The van der Waals surface area contributed by atoms with Crippen molar-refractivity contribution >= 4 is 15.9 Å². The van der Waals surface area contributed by atoms with Crippen LogP contribution in [0.4, 0.5) is 0 Å². The standard InChI is InChI=1S/C7H5BrO3/c8-4-1-2-5-6(3-4)11-7(9)10-5/h1-3,7,9H. The summed E-state index contributed by atoms with van der Waals surface area (Å²) in [5, 5.41) is 8.88. The zero-order valence-electron chi connectivity index (χ0n) is 5.45. The quantitative estimate of drug-likeness (QED) is 0.715. The second kappa shape index (κ2) is 2.39. The van der Waals surface area contributed by atoms with Crippen LogP contribution in [0, 0.1) is 0 Å². The molecule has 1 heterocycles. The maximum absolute atomic E-state index is 8.88. The molecule has 1 aromatic rings. The van der Waals surface area contributed by atoms with Gasteiger partial charge < -0.3 is 14.6 Å². The van der Waals surface area contributed by atoms with Crippen LogP contribution in [0.1, 0.15) is 0 Å². The summed E-state index contributed by atoms with van der Waals surface area (Å²) in [4.78, 5) is 0. The van der Waals surface area contributed by atoms with Crippen LogP contribution in [-0.2, 0) is 0 Å². The van der Waals surface area contributed by atoms with E-state index in [2.05, 4.69) is 15.9 Å². The van der Waals surface area contributed by atoms with Gasteiger partial charge >= 0.3 is 6.48 Å². The smallest absolute Gasteiger partial charge is 0.358 e. The molecule has 0 saturated carbocycles. The third kappa shape index (κ3) is 1.19. The lowest BCUT2D eigenvalue weighted by Gasteiger charge is -1.97. The van der Waals surface area contributed by atoms with Crippen molar-refractivity contribution in [3.8, 4) is 11.5 Å². The van der Waals surface area contributed by atoms with Crippen molar-refractivity contribution in [1.82, 2.24) is 0 Å². The third-order valence-electron chi connectivity index (χ3n) is 1.36. The molecule has 11 heavy (non-hydrogen) atoms. The van der Waals surface area contributed by atoms with Gasteiger partial charge in [0.15, 0.2) is 11.5 Å². The lowest BCUT2D eigenvalue weighted by atomic mass is 10.3.